The molecule has 0 fully saturated rings. The SMILES string of the molecule is CC(NC(=O)c1cc(Cl)ccc1[N+](=O)[O-])c1ccc2ccccc2c1. The molecule has 0 aromatic heterocycles. The van der Waals surface area contributed by atoms with Crippen molar-refractivity contribution in [1.82, 2.24) is 5.32 Å². The minimum Gasteiger partial charge on any atom is -0.345 e. The fraction of sp³-hybridized carbons (Fsp3) is 0.105. The topological polar surface area (TPSA) is 72.2 Å². The molecule has 0 saturated heterocycles. The zero-order valence-corrected chi connectivity index (χ0v) is 14.2. The number of nitrogens with one attached hydrogen (secondary N) is 1. The molecule has 0 aliphatic carbocycles. The van der Waals surface area contributed by atoms with Gasteiger partial charge < -0.3 is 5.32 Å². The van der Waals surface area contributed by atoms with E-state index in [1.165, 1.54) is 18.2 Å². The Morgan fingerprint density at radius 2 is 1.80 bits per heavy atom. The highest BCUT2D eigenvalue weighted by Crippen LogP contribution is 2.25. The van der Waals surface area contributed by atoms with Gasteiger partial charge in [-0.05, 0) is 41.5 Å². The molecule has 1 atom stereocenters. The van der Waals surface area contributed by atoms with Crippen molar-refractivity contribution in [3.05, 3.63) is 86.9 Å². The minimum absolute atomic E-state index is 0.0508. The summed E-state index contributed by atoms with van der Waals surface area (Å²) >= 11 is 5.88. The maximum Gasteiger partial charge on any atom is 0.282 e. The highest BCUT2D eigenvalue weighted by Gasteiger charge is 2.22. The molecule has 0 aliphatic heterocycles. The Morgan fingerprint density at radius 1 is 1.08 bits per heavy atom. The van der Waals surface area contributed by atoms with Crippen LogP contribution in [0.4, 0.5) is 5.69 Å². The van der Waals surface area contributed by atoms with Crippen LogP contribution < -0.4 is 5.32 Å². The average Bonchev–Trinajstić information content (AvgIpc) is 2.60. The number of carbonyl (C=O) groups is 1. The van der Waals surface area contributed by atoms with Gasteiger partial charge in [-0.2, -0.15) is 0 Å². The third-order valence-electron chi connectivity index (χ3n) is 4.02. The summed E-state index contributed by atoms with van der Waals surface area (Å²) in [5.74, 6) is -0.533. The molecule has 0 spiro atoms. The van der Waals surface area contributed by atoms with Crippen LogP contribution in [0.25, 0.3) is 10.8 Å². The normalized spacial score (nSPS) is 11.9. The van der Waals surface area contributed by atoms with E-state index in [9.17, 15) is 14.9 Å². The number of carbonyl (C=O) groups excluding carboxylic acids is 1. The number of nitro benzene ring substituents is 1. The van der Waals surface area contributed by atoms with Gasteiger partial charge in [-0.15, -0.1) is 0 Å². The maximum atomic E-state index is 12.5. The largest absolute Gasteiger partial charge is 0.345 e. The number of nitro groups is 1. The Hall–Kier alpha value is -2.92. The number of benzene rings is 3. The molecule has 1 unspecified atom stereocenters. The number of fused-ring (bicyclic) bond motifs is 1. The Kier molecular flexibility index (Phi) is 4.67. The quantitative estimate of drug-likeness (QED) is 0.535. The Morgan fingerprint density at radius 3 is 2.52 bits per heavy atom. The molecule has 3 aromatic carbocycles. The van der Waals surface area contributed by atoms with Crippen LogP contribution in [0.2, 0.25) is 5.02 Å². The van der Waals surface area contributed by atoms with Crippen molar-refractivity contribution in [1.29, 1.82) is 0 Å². The standard InChI is InChI=1S/C19H15ClN2O3/c1-12(14-7-6-13-4-2-3-5-15(13)10-14)21-19(23)17-11-16(20)8-9-18(17)22(24)25/h2-12H,1H3,(H,21,23). The van der Waals surface area contributed by atoms with Gasteiger partial charge in [0.05, 0.1) is 11.0 Å². The second kappa shape index (κ2) is 6.91. The third-order valence-corrected chi connectivity index (χ3v) is 4.26. The molecule has 1 amide bonds. The van der Waals surface area contributed by atoms with Crippen LogP contribution in [-0.2, 0) is 0 Å². The fourth-order valence-electron chi connectivity index (χ4n) is 2.68. The first-order valence-electron chi connectivity index (χ1n) is 7.69. The molecule has 0 heterocycles. The summed E-state index contributed by atoms with van der Waals surface area (Å²) in [6.45, 7) is 1.83. The maximum absolute atomic E-state index is 12.5. The summed E-state index contributed by atoms with van der Waals surface area (Å²) in [5.41, 5.74) is 0.592. The molecular formula is C19H15ClN2O3. The van der Waals surface area contributed by atoms with E-state index >= 15 is 0 Å². The minimum atomic E-state index is -0.591. The van der Waals surface area contributed by atoms with Gasteiger partial charge in [-0.1, -0.05) is 48.0 Å². The van der Waals surface area contributed by atoms with Crippen LogP contribution in [0.3, 0.4) is 0 Å². The predicted molar refractivity (Wildman–Crippen MR) is 97.9 cm³/mol. The van der Waals surface area contributed by atoms with Gasteiger partial charge in [-0.25, -0.2) is 0 Å². The molecule has 1 N–H and O–H groups in total. The van der Waals surface area contributed by atoms with Crippen molar-refractivity contribution < 1.29 is 9.72 Å². The van der Waals surface area contributed by atoms with E-state index in [0.717, 1.165) is 16.3 Å². The smallest absolute Gasteiger partial charge is 0.282 e. The lowest BCUT2D eigenvalue weighted by atomic mass is 10.0. The number of hydrogen-bond donors (Lipinski definition) is 1. The molecule has 0 aliphatic rings. The lowest BCUT2D eigenvalue weighted by Gasteiger charge is -2.15. The van der Waals surface area contributed by atoms with E-state index < -0.39 is 10.8 Å². The molecule has 25 heavy (non-hydrogen) atoms. The molecule has 5 nitrogen and oxygen atoms in total. The number of amides is 1. The molecule has 3 rings (SSSR count). The van der Waals surface area contributed by atoms with Gasteiger partial charge in [0.25, 0.3) is 11.6 Å². The molecule has 6 heteroatoms. The first kappa shape index (κ1) is 16.9. The van der Waals surface area contributed by atoms with E-state index in [4.69, 9.17) is 11.6 Å². The number of halogens is 1. The van der Waals surface area contributed by atoms with Gasteiger partial charge >= 0.3 is 0 Å². The van der Waals surface area contributed by atoms with E-state index in [2.05, 4.69) is 5.32 Å². The summed E-state index contributed by atoms with van der Waals surface area (Å²) < 4.78 is 0. The average molecular weight is 355 g/mol. The molecule has 3 aromatic rings. The van der Waals surface area contributed by atoms with Crippen LogP contribution in [0.5, 0.6) is 0 Å². The fourth-order valence-corrected chi connectivity index (χ4v) is 2.86. The zero-order chi connectivity index (χ0) is 18.0. The highest BCUT2D eigenvalue weighted by molar-refractivity contribution is 6.31. The van der Waals surface area contributed by atoms with Crippen molar-refractivity contribution in [2.24, 2.45) is 0 Å². The van der Waals surface area contributed by atoms with Crippen LogP contribution in [-0.4, -0.2) is 10.8 Å². The summed E-state index contributed by atoms with van der Waals surface area (Å²) in [6, 6.07) is 17.4. The lowest BCUT2D eigenvalue weighted by Crippen LogP contribution is -2.27. The van der Waals surface area contributed by atoms with Crippen LogP contribution in [0, 0.1) is 10.1 Å². The first-order chi connectivity index (χ1) is 12.0. The lowest BCUT2D eigenvalue weighted by molar-refractivity contribution is -0.385. The Balaban J connectivity index is 1.87. The number of rotatable bonds is 4. The van der Waals surface area contributed by atoms with Crippen LogP contribution >= 0.6 is 11.6 Å². The van der Waals surface area contributed by atoms with E-state index in [0.29, 0.717) is 0 Å². The highest BCUT2D eigenvalue weighted by atomic mass is 35.5. The molecule has 126 valence electrons. The number of nitrogens with zero attached hydrogens (tertiary/aromatic N) is 1. The molecular weight excluding hydrogens is 340 g/mol. The first-order valence-corrected chi connectivity index (χ1v) is 8.07. The van der Waals surface area contributed by atoms with E-state index in [1.54, 1.807) is 0 Å². The van der Waals surface area contributed by atoms with E-state index in [-0.39, 0.29) is 22.3 Å². The second-order valence-corrected chi connectivity index (χ2v) is 6.16. The Labute approximate surface area is 149 Å². The monoisotopic (exact) mass is 354 g/mol. The van der Waals surface area contributed by atoms with Crippen molar-refractivity contribution in [3.63, 3.8) is 0 Å². The number of hydrogen-bond acceptors (Lipinski definition) is 3. The molecule has 0 bridgehead atoms. The van der Waals surface area contributed by atoms with Gasteiger partial charge in [0.2, 0.25) is 0 Å². The van der Waals surface area contributed by atoms with E-state index in [1.807, 2.05) is 49.4 Å². The Bertz CT molecular complexity index is 972. The summed E-state index contributed by atoms with van der Waals surface area (Å²) in [5, 5.41) is 16.4. The van der Waals surface area contributed by atoms with Crippen LogP contribution in [0.15, 0.2) is 60.7 Å². The van der Waals surface area contributed by atoms with Crippen molar-refractivity contribution >= 4 is 34.0 Å². The van der Waals surface area contributed by atoms with Gasteiger partial charge in [0, 0.05) is 11.1 Å². The van der Waals surface area contributed by atoms with Crippen molar-refractivity contribution in [2.45, 2.75) is 13.0 Å². The third kappa shape index (κ3) is 3.61. The zero-order valence-electron chi connectivity index (χ0n) is 13.4. The molecule has 0 saturated carbocycles. The molecule has 0 radical (unpaired) electrons. The van der Waals surface area contributed by atoms with Gasteiger partial charge in [0.15, 0.2) is 0 Å². The van der Waals surface area contributed by atoms with Crippen molar-refractivity contribution in [2.75, 3.05) is 0 Å². The summed E-state index contributed by atoms with van der Waals surface area (Å²) in [6.07, 6.45) is 0. The summed E-state index contributed by atoms with van der Waals surface area (Å²) in [7, 11) is 0. The summed E-state index contributed by atoms with van der Waals surface area (Å²) in [4.78, 5) is 23.0. The van der Waals surface area contributed by atoms with Crippen LogP contribution in [0.1, 0.15) is 28.9 Å². The predicted octanol–water partition coefficient (Wildman–Crippen LogP) is 4.89. The second-order valence-electron chi connectivity index (χ2n) is 5.72. The van der Waals surface area contributed by atoms with Crippen molar-refractivity contribution in [3.8, 4) is 0 Å². The van der Waals surface area contributed by atoms with Gasteiger partial charge in [0.1, 0.15) is 5.56 Å². The van der Waals surface area contributed by atoms with Gasteiger partial charge in [-0.3, -0.25) is 14.9 Å².